The van der Waals surface area contributed by atoms with Crippen LogP contribution in [0.2, 0.25) is 0 Å². The lowest BCUT2D eigenvalue weighted by Crippen LogP contribution is -2.03. The van der Waals surface area contributed by atoms with Crippen LogP contribution in [0.15, 0.2) is 54.7 Å². The molecule has 2 nitrogen and oxygen atoms in total. The molecule has 0 amide bonds. The first kappa shape index (κ1) is 11.8. The third-order valence-corrected chi connectivity index (χ3v) is 3.16. The second-order valence-electron chi connectivity index (χ2n) is 4.54. The van der Waals surface area contributed by atoms with E-state index in [1.165, 1.54) is 12.1 Å². The maximum absolute atomic E-state index is 13.2. The van der Waals surface area contributed by atoms with Gasteiger partial charge in [0.2, 0.25) is 0 Å². The quantitative estimate of drug-likeness (QED) is 0.735. The fourth-order valence-electron chi connectivity index (χ4n) is 2.13. The molecule has 0 aliphatic heterocycles. The Morgan fingerprint density at radius 2 is 2.00 bits per heavy atom. The number of rotatable bonds is 3. The van der Waals surface area contributed by atoms with Gasteiger partial charge in [-0.05, 0) is 48.2 Å². The van der Waals surface area contributed by atoms with Crippen LogP contribution in [0.5, 0.6) is 5.75 Å². The molecular weight excluding hydrogens is 241 g/mol. The van der Waals surface area contributed by atoms with Gasteiger partial charge in [0.25, 0.3) is 0 Å². The average molecular weight is 255 g/mol. The Morgan fingerprint density at radius 1 is 1.11 bits per heavy atom. The summed E-state index contributed by atoms with van der Waals surface area (Å²) in [4.78, 5) is 3.14. The van der Waals surface area contributed by atoms with E-state index in [2.05, 4.69) is 4.98 Å². The molecule has 0 fully saturated rings. The Morgan fingerprint density at radius 3 is 2.84 bits per heavy atom. The molecule has 2 aromatic carbocycles. The van der Waals surface area contributed by atoms with Crippen LogP contribution >= 0.6 is 0 Å². The summed E-state index contributed by atoms with van der Waals surface area (Å²) in [6.07, 6.45) is 1.70. The molecule has 3 aromatic rings. The summed E-state index contributed by atoms with van der Waals surface area (Å²) in [6.45, 7) is 1.91. The Balaban J connectivity index is 1.83. The summed E-state index contributed by atoms with van der Waals surface area (Å²) in [5.74, 6) is 0.527. The van der Waals surface area contributed by atoms with Crippen LogP contribution in [-0.4, -0.2) is 4.98 Å². The molecule has 0 aliphatic carbocycles. The van der Waals surface area contributed by atoms with Crippen molar-refractivity contribution in [3.63, 3.8) is 0 Å². The van der Waals surface area contributed by atoms with Crippen LogP contribution in [0.25, 0.3) is 10.9 Å². The van der Waals surface area contributed by atoms with Crippen LogP contribution in [-0.2, 0) is 0 Å². The highest BCUT2D eigenvalue weighted by atomic mass is 19.1. The van der Waals surface area contributed by atoms with Gasteiger partial charge in [-0.3, -0.25) is 0 Å². The summed E-state index contributed by atoms with van der Waals surface area (Å²) in [6, 6.07) is 14.4. The van der Waals surface area contributed by atoms with Crippen molar-refractivity contribution in [2.45, 2.75) is 13.0 Å². The van der Waals surface area contributed by atoms with Gasteiger partial charge in [-0.1, -0.05) is 12.1 Å². The summed E-state index contributed by atoms with van der Waals surface area (Å²) >= 11 is 0. The molecule has 96 valence electrons. The lowest BCUT2D eigenvalue weighted by molar-refractivity contribution is 0.226. The fourth-order valence-corrected chi connectivity index (χ4v) is 2.13. The Hall–Kier alpha value is -2.29. The number of halogens is 1. The number of benzene rings is 2. The highest BCUT2D eigenvalue weighted by Crippen LogP contribution is 2.25. The first-order valence-corrected chi connectivity index (χ1v) is 6.21. The fraction of sp³-hybridized carbons (Fsp3) is 0.125. The van der Waals surface area contributed by atoms with Crippen LogP contribution in [0, 0.1) is 5.82 Å². The first-order chi connectivity index (χ1) is 9.22. The maximum Gasteiger partial charge on any atom is 0.123 e. The highest BCUT2D eigenvalue weighted by Gasteiger charge is 2.08. The molecule has 1 heterocycles. The van der Waals surface area contributed by atoms with Gasteiger partial charge in [0.05, 0.1) is 0 Å². The Bertz CT molecular complexity index is 705. The van der Waals surface area contributed by atoms with Gasteiger partial charge in [0.15, 0.2) is 0 Å². The van der Waals surface area contributed by atoms with Crippen LogP contribution in [0.4, 0.5) is 4.39 Å². The first-order valence-electron chi connectivity index (χ1n) is 6.21. The molecule has 19 heavy (non-hydrogen) atoms. The molecule has 0 saturated heterocycles. The smallest absolute Gasteiger partial charge is 0.123 e. The second-order valence-corrected chi connectivity index (χ2v) is 4.54. The van der Waals surface area contributed by atoms with E-state index in [1.54, 1.807) is 6.07 Å². The highest BCUT2D eigenvalue weighted by molar-refractivity contribution is 5.80. The van der Waals surface area contributed by atoms with E-state index >= 15 is 0 Å². The van der Waals surface area contributed by atoms with E-state index in [1.807, 2.05) is 43.5 Å². The van der Waals surface area contributed by atoms with Gasteiger partial charge in [0.1, 0.15) is 17.7 Å². The summed E-state index contributed by atoms with van der Waals surface area (Å²) in [7, 11) is 0. The SMILES string of the molecule is CC(Oc1ccc2cc[nH]c2c1)c1cccc(F)c1. The molecule has 1 N–H and O–H groups in total. The number of fused-ring (bicyclic) bond motifs is 1. The van der Waals surface area contributed by atoms with E-state index in [-0.39, 0.29) is 11.9 Å². The van der Waals surface area contributed by atoms with Crippen molar-refractivity contribution in [3.05, 3.63) is 66.1 Å². The molecule has 3 rings (SSSR count). The molecule has 3 heteroatoms. The zero-order valence-electron chi connectivity index (χ0n) is 10.6. The number of ether oxygens (including phenoxy) is 1. The molecular formula is C16H14FNO. The van der Waals surface area contributed by atoms with Gasteiger partial charge >= 0.3 is 0 Å². The normalized spacial score (nSPS) is 12.5. The van der Waals surface area contributed by atoms with Crippen molar-refractivity contribution in [2.75, 3.05) is 0 Å². The molecule has 1 aromatic heterocycles. The van der Waals surface area contributed by atoms with E-state index < -0.39 is 0 Å². The zero-order chi connectivity index (χ0) is 13.2. The second kappa shape index (κ2) is 4.76. The van der Waals surface area contributed by atoms with Crippen LogP contribution in [0.1, 0.15) is 18.6 Å². The molecule has 0 bridgehead atoms. The van der Waals surface area contributed by atoms with Gasteiger partial charge in [0, 0.05) is 17.8 Å². The van der Waals surface area contributed by atoms with E-state index in [4.69, 9.17) is 4.74 Å². The molecule has 0 radical (unpaired) electrons. The van der Waals surface area contributed by atoms with Crippen molar-refractivity contribution in [3.8, 4) is 5.75 Å². The summed E-state index contributed by atoms with van der Waals surface area (Å²) in [5.41, 5.74) is 1.86. The predicted molar refractivity (Wildman–Crippen MR) is 73.7 cm³/mol. The topological polar surface area (TPSA) is 25.0 Å². The number of hydrogen-bond acceptors (Lipinski definition) is 1. The van der Waals surface area contributed by atoms with Gasteiger partial charge in [-0.2, -0.15) is 0 Å². The average Bonchev–Trinajstić information content (AvgIpc) is 2.86. The lowest BCUT2D eigenvalue weighted by Gasteiger charge is -2.15. The molecule has 0 spiro atoms. The molecule has 1 atom stereocenters. The van der Waals surface area contributed by atoms with Crippen LogP contribution < -0.4 is 4.74 Å². The van der Waals surface area contributed by atoms with Crippen LogP contribution in [0.3, 0.4) is 0 Å². The Labute approximate surface area is 110 Å². The van der Waals surface area contributed by atoms with Crippen molar-refractivity contribution in [1.82, 2.24) is 4.98 Å². The van der Waals surface area contributed by atoms with Gasteiger partial charge < -0.3 is 9.72 Å². The number of aromatic nitrogens is 1. The van der Waals surface area contributed by atoms with Crippen molar-refractivity contribution >= 4 is 10.9 Å². The third kappa shape index (κ3) is 2.45. The maximum atomic E-state index is 13.2. The minimum atomic E-state index is -0.243. The molecule has 1 unspecified atom stereocenters. The number of hydrogen-bond donors (Lipinski definition) is 1. The lowest BCUT2D eigenvalue weighted by atomic mass is 10.1. The number of H-pyrrole nitrogens is 1. The van der Waals surface area contributed by atoms with Gasteiger partial charge in [-0.15, -0.1) is 0 Å². The predicted octanol–water partition coefficient (Wildman–Crippen LogP) is 4.45. The number of aromatic amines is 1. The van der Waals surface area contributed by atoms with E-state index in [0.717, 1.165) is 22.2 Å². The van der Waals surface area contributed by atoms with E-state index in [9.17, 15) is 4.39 Å². The monoisotopic (exact) mass is 255 g/mol. The van der Waals surface area contributed by atoms with Crippen molar-refractivity contribution < 1.29 is 9.13 Å². The third-order valence-electron chi connectivity index (χ3n) is 3.16. The number of nitrogens with one attached hydrogen (secondary N) is 1. The minimum absolute atomic E-state index is 0.192. The van der Waals surface area contributed by atoms with Crippen molar-refractivity contribution in [2.24, 2.45) is 0 Å². The minimum Gasteiger partial charge on any atom is -0.486 e. The van der Waals surface area contributed by atoms with Crippen molar-refractivity contribution in [1.29, 1.82) is 0 Å². The standard InChI is InChI=1S/C16H14FNO/c1-11(13-3-2-4-14(17)9-13)19-15-6-5-12-7-8-18-16(12)10-15/h2-11,18H,1H3. The summed E-state index contributed by atoms with van der Waals surface area (Å²) in [5, 5.41) is 1.14. The zero-order valence-corrected chi connectivity index (χ0v) is 10.6. The van der Waals surface area contributed by atoms with Gasteiger partial charge in [-0.25, -0.2) is 4.39 Å². The largest absolute Gasteiger partial charge is 0.486 e. The Kier molecular flexibility index (Phi) is 2.95. The summed E-state index contributed by atoms with van der Waals surface area (Å²) < 4.78 is 19.0. The molecule has 0 saturated carbocycles. The van der Waals surface area contributed by atoms with E-state index in [0.29, 0.717) is 0 Å². The molecule has 0 aliphatic rings.